The van der Waals surface area contributed by atoms with Crippen molar-refractivity contribution >= 4 is 11.9 Å². The summed E-state index contributed by atoms with van der Waals surface area (Å²) in [5.74, 6) is -1.62. The molecule has 18 heavy (non-hydrogen) atoms. The van der Waals surface area contributed by atoms with E-state index in [9.17, 15) is 9.59 Å². The van der Waals surface area contributed by atoms with Crippen molar-refractivity contribution in [2.24, 2.45) is 0 Å². The van der Waals surface area contributed by atoms with E-state index in [0.717, 1.165) is 5.69 Å². The summed E-state index contributed by atoms with van der Waals surface area (Å²) in [5, 5.41) is 24.2. The average molecular weight is 255 g/mol. The van der Waals surface area contributed by atoms with E-state index in [-0.39, 0.29) is 18.9 Å². The first-order valence-corrected chi connectivity index (χ1v) is 5.69. The van der Waals surface area contributed by atoms with Gasteiger partial charge in [0.1, 0.15) is 5.69 Å². The molecule has 7 nitrogen and oxygen atoms in total. The van der Waals surface area contributed by atoms with Gasteiger partial charge in [-0.05, 0) is 19.9 Å². The topological polar surface area (TPSA) is 104 Å². The van der Waals surface area contributed by atoms with Crippen LogP contribution in [0.25, 0.3) is 0 Å². The summed E-state index contributed by atoms with van der Waals surface area (Å²) >= 11 is 0. The number of aryl methyl sites for hydroxylation is 2. The number of aromatic nitrogens is 2. The van der Waals surface area contributed by atoms with Gasteiger partial charge in [-0.2, -0.15) is 5.10 Å². The Morgan fingerprint density at radius 3 is 2.78 bits per heavy atom. The maximum absolute atomic E-state index is 11.8. The van der Waals surface area contributed by atoms with E-state index < -0.39 is 12.1 Å². The Kier molecular flexibility index (Phi) is 4.85. The number of hydrogen-bond donors (Lipinski definition) is 3. The Balaban J connectivity index is 2.52. The van der Waals surface area contributed by atoms with E-state index in [1.54, 1.807) is 17.7 Å². The van der Waals surface area contributed by atoms with E-state index >= 15 is 0 Å². The number of amides is 1. The van der Waals surface area contributed by atoms with Crippen LogP contribution >= 0.6 is 0 Å². The van der Waals surface area contributed by atoms with Crippen molar-refractivity contribution in [3.63, 3.8) is 0 Å². The molecule has 0 aromatic carbocycles. The van der Waals surface area contributed by atoms with E-state index in [1.165, 1.54) is 0 Å². The second-order valence-electron chi connectivity index (χ2n) is 3.89. The van der Waals surface area contributed by atoms with Crippen LogP contribution in [0.3, 0.4) is 0 Å². The third-order valence-corrected chi connectivity index (χ3v) is 2.42. The molecule has 1 aromatic rings. The number of aliphatic hydroxyl groups excluding tert-OH is 1. The molecule has 0 aliphatic rings. The summed E-state index contributed by atoms with van der Waals surface area (Å²) in [6.07, 6.45) is -1.48. The number of rotatable bonds is 6. The lowest BCUT2D eigenvalue weighted by molar-refractivity contribution is -0.146. The highest BCUT2D eigenvalue weighted by atomic mass is 16.4. The van der Waals surface area contributed by atoms with Crippen LogP contribution in [0.1, 0.15) is 29.5 Å². The number of aliphatic carboxylic acids is 1. The number of aliphatic hydroxyl groups is 1. The van der Waals surface area contributed by atoms with Crippen molar-refractivity contribution in [2.45, 2.75) is 32.9 Å². The predicted molar refractivity (Wildman–Crippen MR) is 63.2 cm³/mol. The minimum atomic E-state index is -1.46. The van der Waals surface area contributed by atoms with Gasteiger partial charge in [-0.3, -0.25) is 9.48 Å². The Morgan fingerprint density at radius 1 is 1.56 bits per heavy atom. The van der Waals surface area contributed by atoms with E-state index in [2.05, 4.69) is 10.4 Å². The summed E-state index contributed by atoms with van der Waals surface area (Å²) in [6.45, 7) is 4.34. The van der Waals surface area contributed by atoms with Crippen molar-refractivity contribution in [3.8, 4) is 0 Å². The minimum absolute atomic E-state index is 0.0275. The van der Waals surface area contributed by atoms with Gasteiger partial charge in [-0.1, -0.05) is 0 Å². The molecule has 0 saturated carbocycles. The van der Waals surface area contributed by atoms with Crippen LogP contribution in [-0.4, -0.2) is 44.5 Å². The van der Waals surface area contributed by atoms with Gasteiger partial charge in [0, 0.05) is 19.5 Å². The van der Waals surface area contributed by atoms with Gasteiger partial charge in [-0.15, -0.1) is 0 Å². The lowest BCUT2D eigenvalue weighted by Gasteiger charge is -2.08. The maximum atomic E-state index is 11.8. The van der Waals surface area contributed by atoms with Gasteiger partial charge in [0.2, 0.25) is 0 Å². The molecule has 1 rings (SSSR count). The highest BCUT2D eigenvalue weighted by Crippen LogP contribution is 2.03. The molecule has 1 amide bonds. The van der Waals surface area contributed by atoms with Crippen molar-refractivity contribution < 1.29 is 19.8 Å². The molecule has 0 radical (unpaired) electrons. The number of carboxylic acid groups (broad SMARTS) is 1. The van der Waals surface area contributed by atoms with E-state index in [0.29, 0.717) is 12.2 Å². The Morgan fingerprint density at radius 2 is 2.22 bits per heavy atom. The maximum Gasteiger partial charge on any atom is 0.332 e. The molecule has 0 spiro atoms. The lowest BCUT2D eigenvalue weighted by Crippen LogP contribution is -2.31. The molecule has 0 fully saturated rings. The standard InChI is InChI=1S/C11H17N3O4/c1-3-14-8(6-7(2)13-14)10(16)12-5-4-9(15)11(17)18/h6,9,15H,3-5H2,1-2H3,(H,12,16)(H,17,18). The Labute approximate surface area is 104 Å². The molecular formula is C11H17N3O4. The van der Waals surface area contributed by atoms with Crippen molar-refractivity contribution in [1.82, 2.24) is 15.1 Å². The normalized spacial score (nSPS) is 12.2. The monoisotopic (exact) mass is 255 g/mol. The van der Waals surface area contributed by atoms with Crippen molar-refractivity contribution in [2.75, 3.05) is 6.54 Å². The van der Waals surface area contributed by atoms with Crippen LogP contribution in [0.5, 0.6) is 0 Å². The van der Waals surface area contributed by atoms with Gasteiger partial charge in [0.25, 0.3) is 5.91 Å². The number of nitrogens with zero attached hydrogens (tertiary/aromatic N) is 2. The second kappa shape index (κ2) is 6.15. The quantitative estimate of drug-likeness (QED) is 0.651. The van der Waals surface area contributed by atoms with Crippen LogP contribution in [-0.2, 0) is 11.3 Å². The molecule has 1 heterocycles. The second-order valence-corrected chi connectivity index (χ2v) is 3.89. The zero-order valence-corrected chi connectivity index (χ0v) is 10.4. The first kappa shape index (κ1) is 14.2. The molecule has 0 saturated heterocycles. The minimum Gasteiger partial charge on any atom is -0.479 e. The first-order chi connectivity index (χ1) is 8.45. The SMILES string of the molecule is CCn1nc(C)cc1C(=O)NCCC(O)C(=O)O. The van der Waals surface area contributed by atoms with Gasteiger partial charge in [-0.25, -0.2) is 4.79 Å². The van der Waals surface area contributed by atoms with Crippen LogP contribution < -0.4 is 5.32 Å². The zero-order chi connectivity index (χ0) is 13.7. The zero-order valence-electron chi connectivity index (χ0n) is 10.4. The summed E-state index contributed by atoms with van der Waals surface area (Å²) < 4.78 is 1.57. The molecular weight excluding hydrogens is 238 g/mol. The fourth-order valence-corrected chi connectivity index (χ4v) is 1.51. The van der Waals surface area contributed by atoms with Gasteiger partial charge < -0.3 is 15.5 Å². The largest absolute Gasteiger partial charge is 0.479 e. The highest BCUT2D eigenvalue weighted by molar-refractivity contribution is 5.92. The van der Waals surface area contributed by atoms with E-state index in [1.807, 2.05) is 6.92 Å². The Hall–Kier alpha value is -1.89. The molecule has 0 aliphatic carbocycles. The number of carboxylic acids is 1. The third-order valence-electron chi connectivity index (χ3n) is 2.42. The molecule has 1 aromatic heterocycles. The molecule has 1 atom stereocenters. The molecule has 1 unspecified atom stereocenters. The number of nitrogens with one attached hydrogen (secondary N) is 1. The number of hydrogen-bond acceptors (Lipinski definition) is 4. The number of carbonyl (C=O) groups is 2. The average Bonchev–Trinajstić information content (AvgIpc) is 2.70. The van der Waals surface area contributed by atoms with Crippen LogP contribution in [0.2, 0.25) is 0 Å². The predicted octanol–water partition coefficient (Wildman–Crippen LogP) is -0.223. The summed E-state index contributed by atoms with van der Waals surface area (Å²) in [6, 6.07) is 1.66. The summed E-state index contributed by atoms with van der Waals surface area (Å²) in [5.41, 5.74) is 1.17. The van der Waals surface area contributed by atoms with Crippen LogP contribution in [0.4, 0.5) is 0 Å². The van der Waals surface area contributed by atoms with Gasteiger partial charge >= 0.3 is 5.97 Å². The molecule has 3 N–H and O–H groups in total. The summed E-state index contributed by atoms with van der Waals surface area (Å²) in [4.78, 5) is 22.2. The molecule has 100 valence electrons. The molecule has 0 aliphatic heterocycles. The molecule has 0 bridgehead atoms. The third kappa shape index (κ3) is 3.56. The lowest BCUT2D eigenvalue weighted by atomic mass is 10.2. The first-order valence-electron chi connectivity index (χ1n) is 5.69. The smallest absolute Gasteiger partial charge is 0.332 e. The van der Waals surface area contributed by atoms with Gasteiger partial charge in [0.15, 0.2) is 6.10 Å². The van der Waals surface area contributed by atoms with E-state index in [4.69, 9.17) is 10.2 Å². The fraction of sp³-hybridized carbons (Fsp3) is 0.545. The van der Waals surface area contributed by atoms with Crippen LogP contribution in [0, 0.1) is 6.92 Å². The Bertz CT molecular complexity index is 441. The van der Waals surface area contributed by atoms with Crippen molar-refractivity contribution in [3.05, 3.63) is 17.5 Å². The molecule has 7 heteroatoms. The van der Waals surface area contributed by atoms with Gasteiger partial charge in [0.05, 0.1) is 5.69 Å². The fourth-order valence-electron chi connectivity index (χ4n) is 1.51. The van der Waals surface area contributed by atoms with Crippen molar-refractivity contribution in [1.29, 1.82) is 0 Å². The number of carbonyl (C=O) groups excluding carboxylic acids is 1. The van der Waals surface area contributed by atoms with Crippen LogP contribution in [0.15, 0.2) is 6.07 Å². The highest BCUT2D eigenvalue weighted by Gasteiger charge is 2.15. The summed E-state index contributed by atoms with van der Waals surface area (Å²) in [7, 11) is 0.